The van der Waals surface area contributed by atoms with Crippen LogP contribution in [0.5, 0.6) is 0 Å². The number of rotatable bonds is 5. The number of amidine groups is 1. The van der Waals surface area contributed by atoms with Crippen molar-refractivity contribution in [2.24, 2.45) is 4.99 Å². The summed E-state index contributed by atoms with van der Waals surface area (Å²) >= 11 is 0.777. The molecule has 0 unspecified atom stereocenters. The van der Waals surface area contributed by atoms with Gasteiger partial charge in [-0.25, -0.2) is 18.2 Å². The quantitative estimate of drug-likeness (QED) is 0.134. The molecule has 2 aromatic rings. The van der Waals surface area contributed by atoms with Crippen molar-refractivity contribution < 1.29 is 26.3 Å². The Kier molecular flexibility index (Phi) is 7.08. The fraction of sp³-hybridized carbons (Fsp3) is 0.300. The van der Waals surface area contributed by atoms with Gasteiger partial charge in [-0.05, 0) is 30.7 Å². The molecule has 2 aromatic carbocycles. The molecule has 160 valence electrons. The van der Waals surface area contributed by atoms with Gasteiger partial charge in [-0.2, -0.15) is 18.4 Å². The molecule has 0 aliphatic carbocycles. The molecule has 3 nitrogen and oxygen atoms in total. The fourth-order valence-corrected chi connectivity index (χ4v) is 3.38. The van der Waals surface area contributed by atoms with Crippen LogP contribution in [0.15, 0.2) is 46.3 Å². The first-order valence-electron chi connectivity index (χ1n) is 8.53. The van der Waals surface area contributed by atoms with Crippen LogP contribution in [0, 0.1) is 24.2 Å². The predicted octanol–water partition coefficient (Wildman–Crippen LogP) is 6.39. The molecule has 0 radical (unpaired) electrons. The van der Waals surface area contributed by atoms with Gasteiger partial charge in [0.15, 0.2) is 6.19 Å². The molecule has 0 saturated carbocycles. The third-order valence-electron chi connectivity index (χ3n) is 3.89. The highest BCUT2D eigenvalue weighted by Crippen LogP contribution is 2.35. The van der Waals surface area contributed by atoms with Crippen molar-refractivity contribution in [3.05, 3.63) is 58.9 Å². The van der Waals surface area contributed by atoms with Gasteiger partial charge in [0, 0.05) is 24.4 Å². The van der Waals surface area contributed by atoms with Crippen LogP contribution in [-0.2, 0) is 6.18 Å². The first kappa shape index (κ1) is 23.6. The van der Waals surface area contributed by atoms with Gasteiger partial charge in [-0.3, -0.25) is 4.90 Å². The molecule has 0 aliphatic heterocycles. The van der Waals surface area contributed by atoms with Crippen molar-refractivity contribution in [1.82, 2.24) is 4.90 Å². The maximum Gasteiger partial charge on any atom is 0.417 e. The van der Waals surface area contributed by atoms with Crippen LogP contribution < -0.4 is 0 Å². The van der Waals surface area contributed by atoms with Gasteiger partial charge in [-0.1, -0.05) is 18.2 Å². The van der Waals surface area contributed by atoms with E-state index in [-0.39, 0.29) is 5.69 Å². The lowest BCUT2D eigenvalue weighted by molar-refractivity contribution is -0.137. The second-order valence-electron chi connectivity index (χ2n) is 6.57. The number of benzene rings is 2. The van der Waals surface area contributed by atoms with Crippen molar-refractivity contribution in [3.8, 4) is 6.19 Å². The molecule has 0 spiro atoms. The number of nitrogens with zero attached hydrogens (tertiary/aromatic N) is 3. The average Bonchev–Trinajstić information content (AvgIpc) is 2.64. The van der Waals surface area contributed by atoms with Gasteiger partial charge in [-0.15, -0.1) is 11.8 Å². The molecule has 10 heteroatoms. The Morgan fingerprint density at radius 1 is 1.17 bits per heavy atom. The maximum atomic E-state index is 14.5. The Hall–Kier alpha value is -2.67. The van der Waals surface area contributed by atoms with Gasteiger partial charge in [0.05, 0.1) is 11.3 Å². The number of halogens is 6. The molecule has 0 fully saturated rings. The summed E-state index contributed by atoms with van der Waals surface area (Å²) in [6.45, 7) is 2.26. The third kappa shape index (κ3) is 5.92. The SMILES string of the molecule is Cc1cc(F)c(N=C(c2ccccc2C(F)(F)F)N(C)C#N)cc1SCC(C)(F)F. The molecule has 2 rings (SSSR count). The van der Waals surface area contributed by atoms with Crippen molar-refractivity contribution in [1.29, 1.82) is 5.26 Å². The van der Waals surface area contributed by atoms with E-state index in [1.807, 2.05) is 0 Å². The highest BCUT2D eigenvalue weighted by Gasteiger charge is 2.35. The fourth-order valence-electron chi connectivity index (χ4n) is 2.49. The van der Waals surface area contributed by atoms with E-state index in [4.69, 9.17) is 0 Å². The van der Waals surface area contributed by atoms with E-state index in [9.17, 15) is 31.6 Å². The molecule has 0 amide bonds. The summed E-state index contributed by atoms with van der Waals surface area (Å²) in [6.07, 6.45) is -3.07. The van der Waals surface area contributed by atoms with Gasteiger partial charge < -0.3 is 0 Å². The van der Waals surface area contributed by atoms with Crippen LogP contribution in [0.4, 0.5) is 32.0 Å². The average molecular weight is 445 g/mol. The highest BCUT2D eigenvalue weighted by atomic mass is 32.2. The zero-order valence-corrected chi connectivity index (χ0v) is 17.0. The molecule has 0 N–H and O–H groups in total. The third-order valence-corrected chi connectivity index (χ3v) is 5.30. The number of nitriles is 1. The van der Waals surface area contributed by atoms with Crippen molar-refractivity contribution in [2.45, 2.75) is 30.8 Å². The Morgan fingerprint density at radius 2 is 1.80 bits per heavy atom. The van der Waals surface area contributed by atoms with Crippen molar-refractivity contribution in [3.63, 3.8) is 0 Å². The van der Waals surface area contributed by atoms with Crippen LogP contribution >= 0.6 is 11.8 Å². The van der Waals surface area contributed by atoms with Gasteiger partial charge in [0.25, 0.3) is 5.92 Å². The monoisotopic (exact) mass is 445 g/mol. The lowest BCUT2D eigenvalue weighted by Crippen LogP contribution is -2.25. The zero-order chi connectivity index (χ0) is 22.7. The molecular weight excluding hydrogens is 428 g/mol. The van der Waals surface area contributed by atoms with Crippen LogP contribution in [-0.4, -0.2) is 29.5 Å². The number of thioether (sulfide) groups is 1. The summed E-state index contributed by atoms with van der Waals surface area (Å²) in [6, 6.07) is 6.71. The predicted molar refractivity (Wildman–Crippen MR) is 103 cm³/mol. The topological polar surface area (TPSA) is 39.4 Å². The summed E-state index contributed by atoms with van der Waals surface area (Å²) in [5.41, 5.74) is -1.44. The van der Waals surface area contributed by atoms with E-state index in [2.05, 4.69) is 4.99 Å². The van der Waals surface area contributed by atoms with Gasteiger partial charge in [0.2, 0.25) is 0 Å². The van der Waals surface area contributed by atoms with E-state index in [1.165, 1.54) is 32.2 Å². The lowest BCUT2D eigenvalue weighted by Gasteiger charge is -2.18. The lowest BCUT2D eigenvalue weighted by atomic mass is 10.1. The minimum atomic E-state index is -4.73. The Balaban J connectivity index is 2.63. The molecule has 0 atom stereocenters. The van der Waals surface area contributed by atoms with E-state index >= 15 is 0 Å². The first-order valence-corrected chi connectivity index (χ1v) is 9.51. The molecular formula is C20H17F6N3S. The summed E-state index contributed by atoms with van der Waals surface area (Å²) in [7, 11) is 1.19. The number of hydrogen-bond donors (Lipinski definition) is 0. The Labute approximate surface area is 174 Å². The Morgan fingerprint density at radius 3 is 2.37 bits per heavy atom. The minimum absolute atomic E-state index is 0.305. The van der Waals surface area contributed by atoms with Crippen molar-refractivity contribution in [2.75, 3.05) is 12.8 Å². The maximum absolute atomic E-state index is 14.5. The first-order chi connectivity index (χ1) is 13.8. The van der Waals surface area contributed by atoms with Crippen LogP contribution in [0.2, 0.25) is 0 Å². The van der Waals surface area contributed by atoms with Gasteiger partial charge >= 0.3 is 6.18 Å². The summed E-state index contributed by atoms with van der Waals surface area (Å²) < 4.78 is 81.1. The second kappa shape index (κ2) is 9.00. The van der Waals surface area contributed by atoms with E-state index in [0.717, 1.165) is 41.8 Å². The largest absolute Gasteiger partial charge is 0.417 e. The number of hydrogen-bond acceptors (Lipinski definition) is 3. The Bertz CT molecular complexity index is 990. The molecule has 0 aliphatic rings. The molecule has 30 heavy (non-hydrogen) atoms. The van der Waals surface area contributed by atoms with Gasteiger partial charge in [0.1, 0.15) is 17.3 Å². The number of alkyl halides is 5. The van der Waals surface area contributed by atoms with E-state index in [1.54, 1.807) is 6.19 Å². The molecule has 0 bridgehead atoms. The molecule has 0 heterocycles. The van der Waals surface area contributed by atoms with Crippen molar-refractivity contribution >= 4 is 23.3 Å². The smallest absolute Gasteiger partial charge is 0.266 e. The minimum Gasteiger partial charge on any atom is -0.266 e. The highest BCUT2D eigenvalue weighted by molar-refractivity contribution is 7.99. The van der Waals surface area contributed by atoms with Crippen LogP contribution in [0.25, 0.3) is 0 Å². The zero-order valence-electron chi connectivity index (χ0n) is 16.2. The standard InChI is InChI=1S/C20H17F6N3S/c1-12-8-15(21)16(9-17(12)30-10-19(2,22)23)28-18(29(3)11-27)13-6-4-5-7-14(13)20(24,25)26/h4-9H,10H2,1-3H3. The normalized spacial score (nSPS) is 12.6. The van der Waals surface area contributed by atoms with Crippen LogP contribution in [0.1, 0.15) is 23.6 Å². The number of aliphatic imine (C=N–C) groups is 1. The van der Waals surface area contributed by atoms with Crippen LogP contribution in [0.3, 0.4) is 0 Å². The second-order valence-corrected chi connectivity index (χ2v) is 7.58. The number of aryl methyl sites for hydroxylation is 1. The summed E-state index contributed by atoms with van der Waals surface area (Å²) in [5.74, 6) is -4.81. The summed E-state index contributed by atoms with van der Waals surface area (Å²) in [4.78, 5) is 5.04. The van der Waals surface area contributed by atoms with E-state index in [0.29, 0.717) is 10.5 Å². The van der Waals surface area contributed by atoms with E-state index < -0.39 is 40.6 Å². The molecule has 0 aromatic heterocycles. The molecule has 0 saturated heterocycles. The summed E-state index contributed by atoms with van der Waals surface area (Å²) in [5, 5.41) is 9.21.